The van der Waals surface area contributed by atoms with Crippen LogP contribution in [-0.2, 0) is 19.0 Å². The highest BCUT2D eigenvalue weighted by molar-refractivity contribution is 5.77. The molecule has 1 amide bonds. The Kier molecular flexibility index (Phi) is 7.94. The Hall–Kier alpha value is -0.690. The summed E-state index contributed by atoms with van der Waals surface area (Å²) in [5.41, 5.74) is 0. The van der Waals surface area contributed by atoms with Crippen LogP contribution in [0, 0.1) is 5.92 Å². The summed E-state index contributed by atoms with van der Waals surface area (Å²) in [4.78, 5) is 16.0. The molecule has 0 aromatic rings. The van der Waals surface area contributed by atoms with E-state index in [9.17, 15) is 4.79 Å². The van der Waals surface area contributed by atoms with Gasteiger partial charge in [-0.1, -0.05) is 0 Å². The van der Waals surface area contributed by atoms with Crippen molar-refractivity contribution in [2.75, 3.05) is 53.6 Å². The highest BCUT2D eigenvalue weighted by Gasteiger charge is 2.31. The molecular weight excluding hydrogens is 308 g/mol. The molecule has 2 aliphatic rings. The molecule has 1 aliphatic heterocycles. The minimum atomic E-state index is 0.0525. The van der Waals surface area contributed by atoms with Crippen LogP contribution >= 0.6 is 0 Å². The predicted molar refractivity (Wildman–Crippen MR) is 93.0 cm³/mol. The van der Waals surface area contributed by atoms with Crippen LogP contribution in [-0.4, -0.2) is 87.6 Å². The number of likely N-dealkylation sites (tertiary alicyclic amines) is 1. The Morgan fingerprint density at radius 2 is 1.96 bits per heavy atom. The first-order chi connectivity index (χ1) is 11.4. The Morgan fingerprint density at radius 1 is 1.25 bits per heavy atom. The molecule has 0 aromatic carbocycles. The van der Waals surface area contributed by atoms with Crippen molar-refractivity contribution in [3.8, 4) is 0 Å². The van der Waals surface area contributed by atoms with Crippen molar-refractivity contribution in [1.29, 1.82) is 0 Å². The SMILES string of the molecule is CC(C)OC1CC(OCCCN(C)C(=O)COCC2CN(C)C2)C1. The van der Waals surface area contributed by atoms with Gasteiger partial charge in [0.2, 0.25) is 5.91 Å². The Morgan fingerprint density at radius 3 is 2.58 bits per heavy atom. The standard InChI is InChI=1S/C18H34N2O4/c1-14(2)24-17-8-16(9-17)23-7-5-6-20(4)18(21)13-22-12-15-10-19(3)11-15/h14-17H,5-13H2,1-4H3. The van der Waals surface area contributed by atoms with Crippen molar-refractivity contribution in [3.63, 3.8) is 0 Å². The van der Waals surface area contributed by atoms with E-state index < -0.39 is 0 Å². The molecule has 0 N–H and O–H groups in total. The number of hydrogen-bond donors (Lipinski definition) is 0. The van der Waals surface area contributed by atoms with Gasteiger partial charge in [0.15, 0.2) is 0 Å². The van der Waals surface area contributed by atoms with E-state index in [1.807, 2.05) is 7.05 Å². The summed E-state index contributed by atoms with van der Waals surface area (Å²) in [5, 5.41) is 0. The van der Waals surface area contributed by atoms with Crippen LogP contribution in [0.4, 0.5) is 0 Å². The Labute approximate surface area is 146 Å². The molecule has 140 valence electrons. The van der Waals surface area contributed by atoms with E-state index in [4.69, 9.17) is 14.2 Å². The summed E-state index contributed by atoms with van der Waals surface area (Å²) in [5.74, 6) is 0.643. The van der Waals surface area contributed by atoms with Crippen LogP contribution in [0.5, 0.6) is 0 Å². The molecule has 6 nitrogen and oxygen atoms in total. The maximum atomic E-state index is 12.0. The number of hydrogen-bond acceptors (Lipinski definition) is 5. The van der Waals surface area contributed by atoms with Gasteiger partial charge < -0.3 is 24.0 Å². The number of carbonyl (C=O) groups excluding carboxylic acids is 1. The van der Waals surface area contributed by atoms with Gasteiger partial charge in [-0.2, -0.15) is 0 Å². The van der Waals surface area contributed by atoms with E-state index in [1.54, 1.807) is 4.90 Å². The molecule has 0 atom stereocenters. The molecule has 1 saturated heterocycles. The van der Waals surface area contributed by atoms with Crippen LogP contribution < -0.4 is 0 Å². The zero-order chi connectivity index (χ0) is 17.5. The summed E-state index contributed by atoms with van der Waals surface area (Å²) in [6.45, 7) is 8.57. The minimum Gasteiger partial charge on any atom is -0.378 e. The van der Waals surface area contributed by atoms with E-state index >= 15 is 0 Å². The van der Waals surface area contributed by atoms with Crippen molar-refractivity contribution in [3.05, 3.63) is 0 Å². The third-order valence-electron chi connectivity index (χ3n) is 4.65. The van der Waals surface area contributed by atoms with E-state index in [0.717, 1.165) is 32.4 Å². The predicted octanol–water partition coefficient (Wildman–Crippen LogP) is 1.39. The van der Waals surface area contributed by atoms with Crippen LogP contribution in [0.2, 0.25) is 0 Å². The lowest BCUT2D eigenvalue weighted by atomic mass is 9.92. The summed E-state index contributed by atoms with van der Waals surface area (Å²) in [6, 6.07) is 0. The van der Waals surface area contributed by atoms with Gasteiger partial charge in [0, 0.05) is 39.2 Å². The van der Waals surface area contributed by atoms with Crippen molar-refractivity contribution in [2.45, 2.75) is 51.4 Å². The molecule has 2 rings (SSSR count). The zero-order valence-corrected chi connectivity index (χ0v) is 15.7. The van der Waals surface area contributed by atoms with E-state index in [0.29, 0.717) is 44.0 Å². The first-order valence-corrected chi connectivity index (χ1v) is 9.21. The fraction of sp³-hybridized carbons (Fsp3) is 0.944. The van der Waals surface area contributed by atoms with Gasteiger partial charge >= 0.3 is 0 Å². The molecule has 24 heavy (non-hydrogen) atoms. The second-order valence-electron chi connectivity index (χ2n) is 7.54. The second-order valence-corrected chi connectivity index (χ2v) is 7.54. The third kappa shape index (κ3) is 6.67. The van der Waals surface area contributed by atoms with E-state index in [2.05, 4.69) is 25.8 Å². The minimum absolute atomic E-state index is 0.0525. The van der Waals surface area contributed by atoms with E-state index in [1.165, 1.54) is 0 Å². The van der Waals surface area contributed by atoms with Gasteiger partial charge in [-0.3, -0.25) is 4.79 Å². The number of ether oxygens (including phenoxy) is 3. The van der Waals surface area contributed by atoms with E-state index in [-0.39, 0.29) is 12.5 Å². The Bertz CT molecular complexity index is 379. The zero-order valence-electron chi connectivity index (χ0n) is 15.7. The molecule has 1 saturated carbocycles. The van der Waals surface area contributed by atoms with Gasteiger partial charge in [-0.25, -0.2) is 0 Å². The maximum absolute atomic E-state index is 12.0. The fourth-order valence-electron chi connectivity index (χ4n) is 3.18. The molecule has 0 unspecified atom stereocenters. The molecule has 1 heterocycles. The van der Waals surface area contributed by atoms with Gasteiger partial charge in [0.25, 0.3) is 0 Å². The normalized spacial score (nSPS) is 24.7. The van der Waals surface area contributed by atoms with Gasteiger partial charge in [0.05, 0.1) is 24.9 Å². The molecule has 2 fully saturated rings. The average molecular weight is 342 g/mol. The number of rotatable bonds is 11. The summed E-state index contributed by atoms with van der Waals surface area (Å²) < 4.78 is 17.0. The number of amides is 1. The lowest BCUT2D eigenvalue weighted by molar-refractivity contribution is -0.136. The molecule has 0 bridgehead atoms. The van der Waals surface area contributed by atoms with Gasteiger partial charge in [-0.05, 0) is 40.2 Å². The topological polar surface area (TPSA) is 51.2 Å². The number of likely N-dealkylation sites (N-methyl/N-ethyl adjacent to an activating group) is 1. The monoisotopic (exact) mass is 342 g/mol. The largest absolute Gasteiger partial charge is 0.378 e. The highest BCUT2D eigenvalue weighted by Crippen LogP contribution is 2.27. The first kappa shape index (κ1) is 19.6. The maximum Gasteiger partial charge on any atom is 0.248 e. The highest BCUT2D eigenvalue weighted by atomic mass is 16.5. The molecular formula is C18H34N2O4. The summed E-state index contributed by atoms with van der Waals surface area (Å²) in [6.07, 6.45) is 3.85. The number of carbonyl (C=O) groups is 1. The molecule has 0 aromatic heterocycles. The van der Waals surface area contributed by atoms with Crippen LogP contribution in [0.1, 0.15) is 33.1 Å². The van der Waals surface area contributed by atoms with Gasteiger partial charge in [-0.15, -0.1) is 0 Å². The molecule has 0 spiro atoms. The Balaban J connectivity index is 1.42. The molecule has 0 radical (unpaired) electrons. The molecule has 1 aliphatic carbocycles. The lowest BCUT2D eigenvalue weighted by Crippen LogP contribution is -2.46. The summed E-state index contributed by atoms with van der Waals surface area (Å²) in [7, 11) is 3.93. The van der Waals surface area contributed by atoms with Crippen molar-refractivity contribution in [1.82, 2.24) is 9.80 Å². The van der Waals surface area contributed by atoms with Crippen molar-refractivity contribution < 1.29 is 19.0 Å². The van der Waals surface area contributed by atoms with Crippen molar-refractivity contribution in [2.24, 2.45) is 5.92 Å². The number of nitrogens with zero attached hydrogens (tertiary/aromatic N) is 2. The van der Waals surface area contributed by atoms with Crippen molar-refractivity contribution >= 4 is 5.91 Å². The molecule has 6 heteroatoms. The smallest absolute Gasteiger partial charge is 0.248 e. The van der Waals surface area contributed by atoms with Gasteiger partial charge in [0.1, 0.15) is 6.61 Å². The average Bonchev–Trinajstić information content (AvgIpc) is 2.45. The van der Waals surface area contributed by atoms with Crippen LogP contribution in [0.3, 0.4) is 0 Å². The second kappa shape index (κ2) is 9.70. The third-order valence-corrected chi connectivity index (χ3v) is 4.65. The summed E-state index contributed by atoms with van der Waals surface area (Å²) >= 11 is 0. The first-order valence-electron chi connectivity index (χ1n) is 9.21. The fourth-order valence-corrected chi connectivity index (χ4v) is 3.18. The van der Waals surface area contributed by atoms with Crippen LogP contribution in [0.25, 0.3) is 0 Å². The quantitative estimate of drug-likeness (QED) is 0.531. The lowest BCUT2D eigenvalue weighted by Gasteiger charge is -2.36. The van der Waals surface area contributed by atoms with Crippen LogP contribution in [0.15, 0.2) is 0 Å².